The number of ether oxygens (including phenoxy) is 1. The highest BCUT2D eigenvalue weighted by molar-refractivity contribution is 5.87. The molecule has 0 spiro atoms. The predicted molar refractivity (Wildman–Crippen MR) is 107 cm³/mol. The summed E-state index contributed by atoms with van der Waals surface area (Å²) in [6.07, 6.45) is -1.88. The van der Waals surface area contributed by atoms with Gasteiger partial charge in [-0.1, -0.05) is 60.7 Å². The lowest BCUT2D eigenvalue weighted by atomic mass is 10.1. The number of amides is 3. The van der Waals surface area contributed by atoms with Crippen molar-refractivity contribution < 1.29 is 24.2 Å². The summed E-state index contributed by atoms with van der Waals surface area (Å²) in [7, 11) is 0. The third-order valence-corrected chi connectivity index (χ3v) is 4.08. The summed E-state index contributed by atoms with van der Waals surface area (Å²) in [4.78, 5) is 35.4. The second kappa shape index (κ2) is 11.5. The number of hydrogen-bond acceptors (Lipinski definition) is 5. The molecule has 0 saturated heterocycles. The Morgan fingerprint density at radius 2 is 1.55 bits per heavy atom. The van der Waals surface area contributed by atoms with E-state index in [4.69, 9.17) is 10.5 Å². The Kier molecular flexibility index (Phi) is 8.65. The van der Waals surface area contributed by atoms with E-state index in [0.29, 0.717) is 0 Å². The van der Waals surface area contributed by atoms with E-state index in [1.807, 2.05) is 60.7 Å². The van der Waals surface area contributed by atoms with Gasteiger partial charge in [0.25, 0.3) is 0 Å². The summed E-state index contributed by atoms with van der Waals surface area (Å²) in [5, 5.41) is 14.9. The van der Waals surface area contributed by atoms with Crippen molar-refractivity contribution in [2.45, 2.75) is 31.6 Å². The van der Waals surface area contributed by atoms with E-state index >= 15 is 0 Å². The number of carbonyl (C=O) groups excluding carboxylic acids is 3. The smallest absolute Gasteiger partial charge is 0.407 e. The molecule has 5 N–H and O–H groups in total. The molecule has 2 atom stereocenters. The van der Waals surface area contributed by atoms with Gasteiger partial charge in [0.05, 0.1) is 12.5 Å². The fraction of sp³-hybridized carbons (Fsp3) is 0.286. The van der Waals surface area contributed by atoms with E-state index in [2.05, 4.69) is 10.6 Å². The van der Waals surface area contributed by atoms with Gasteiger partial charge in [0, 0.05) is 13.0 Å². The van der Waals surface area contributed by atoms with Crippen LogP contribution in [0, 0.1) is 0 Å². The molecule has 2 rings (SSSR count). The van der Waals surface area contributed by atoms with Crippen molar-refractivity contribution in [3.05, 3.63) is 71.8 Å². The minimum Gasteiger partial charge on any atom is -0.445 e. The van der Waals surface area contributed by atoms with Crippen molar-refractivity contribution in [3.8, 4) is 0 Å². The number of primary amides is 1. The molecule has 29 heavy (non-hydrogen) atoms. The molecule has 0 radical (unpaired) electrons. The molecule has 8 nitrogen and oxygen atoms in total. The fourth-order valence-electron chi connectivity index (χ4n) is 2.59. The molecule has 2 aromatic carbocycles. The highest BCUT2D eigenvalue weighted by Crippen LogP contribution is 2.04. The van der Waals surface area contributed by atoms with Crippen LogP contribution in [-0.4, -0.2) is 41.7 Å². The molecule has 154 valence electrons. The fourth-order valence-corrected chi connectivity index (χ4v) is 2.59. The number of alkyl carbamates (subject to hydrolysis) is 1. The molecule has 0 unspecified atom stereocenters. The first kappa shape index (κ1) is 21.9. The van der Waals surface area contributed by atoms with Crippen LogP contribution in [0.2, 0.25) is 0 Å². The first-order valence-corrected chi connectivity index (χ1v) is 9.19. The third kappa shape index (κ3) is 8.44. The average Bonchev–Trinajstić information content (AvgIpc) is 2.71. The summed E-state index contributed by atoms with van der Waals surface area (Å²) < 4.78 is 5.02. The van der Waals surface area contributed by atoms with Crippen molar-refractivity contribution >= 4 is 17.9 Å². The quantitative estimate of drug-likeness (QED) is 0.471. The normalized spacial score (nSPS) is 12.4. The van der Waals surface area contributed by atoms with E-state index < -0.39 is 30.1 Å². The van der Waals surface area contributed by atoms with Crippen LogP contribution in [0.5, 0.6) is 0 Å². The van der Waals surface area contributed by atoms with Gasteiger partial charge in [0.1, 0.15) is 12.6 Å². The molecule has 8 heteroatoms. The largest absolute Gasteiger partial charge is 0.445 e. The highest BCUT2D eigenvalue weighted by atomic mass is 16.5. The molecule has 0 aliphatic carbocycles. The van der Waals surface area contributed by atoms with E-state index in [1.54, 1.807) is 0 Å². The maximum absolute atomic E-state index is 12.1. The third-order valence-electron chi connectivity index (χ3n) is 4.08. The lowest BCUT2D eigenvalue weighted by Crippen LogP contribution is -2.47. The Balaban J connectivity index is 1.71. The highest BCUT2D eigenvalue weighted by Gasteiger charge is 2.20. The second-order valence-corrected chi connectivity index (χ2v) is 6.51. The van der Waals surface area contributed by atoms with Crippen LogP contribution < -0.4 is 16.4 Å². The zero-order valence-corrected chi connectivity index (χ0v) is 15.9. The van der Waals surface area contributed by atoms with Crippen molar-refractivity contribution in [1.29, 1.82) is 0 Å². The average molecular weight is 399 g/mol. The van der Waals surface area contributed by atoms with Crippen molar-refractivity contribution in [2.75, 3.05) is 6.54 Å². The predicted octanol–water partition coefficient (Wildman–Crippen LogP) is 0.877. The first-order chi connectivity index (χ1) is 13.9. The molecule has 0 heterocycles. The number of aliphatic hydroxyl groups excluding tert-OH is 1. The van der Waals surface area contributed by atoms with Gasteiger partial charge in [0.2, 0.25) is 11.8 Å². The van der Waals surface area contributed by atoms with Gasteiger partial charge >= 0.3 is 6.09 Å². The first-order valence-electron chi connectivity index (χ1n) is 9.19. The van der Waals surface area contributed by atoms with Gasteiger partial charge in [-0.25, -0.2) is 4.79 Å². The topological polar surface area (TPSA) is 131 Å². The van der Waals surface area contributed by atoms with Gasteiger partial charge < -0.3 is 26.2 Å². The van der Waals surface area contributed by atoms with Crippen molar-refractivity contribution in [3.63, 3.8) is 0 Å². The molecule has 0 aliphatic heterocycles. The van der Waals surface area contributed by atoms with Crippen LogP contribution >= 0.6 is 0 Å². The molecule has 0 aliphatic rings. The van der Waals surface area contributed by atoms with E-state index in [0.717, 1.165) is 11.1 Å². The van der Waals surface area contributed by atoms with Gasteiger partial charge in [-0.15, -0.1) is 0 Å². The Bertz CT molecular complexity index is 798. The Hall–Kier alpha value is -3.39. The van der Waals surface area contributed by atoms with Gasteiger partial charge in [-0.05, 0) is 11.1 Å². The Morgan fingerprint density at radius 3 is 2.14 bits per heavy atom. The summed E-state index contributed by atoms with van der Waals surface area (Å²) in [6, 6.07) is 17.4. The summed E-state index contributed by atoms with van der Waals surface area (Å²) >= 11 is 0. The summed E-state index contributed by atoms with van der Waals surface area (Å²) in [5.74, 6) is -1.21. The molecule has 0 saturated carbocycles. The summed E-state index contributed by atoms with van der Waals surface area (Å²) in [5.41, 5.74) is 7.03. The zero-order chi connectivity index (χ0) is 21.1. The molecule has 3 amide bonds. The Morgan fingerprint density at radius 1 is 0.966 bits per heavy atom. The minimum atomic E-state index is -1.13. The van der Waals surface area contributed by atoms with Crippen LogP contribution in [0.25, 0.3) is 0 Å². The van der Waals surface area contributed by atoms with Gasteiger partial charge in [-0.2, -0.15) is 0 Å². The number of rotatable bonds is 10. The van der Waals surface area contributed by atoms with Crippen LogP contribution in [0.15, 0.2) is 60.7 Å². The lowest BCUT2D eigenvalue weighted by Gasteiger charge is -2.17. The number of benzene rings is 2. The van der Waals surface area contributed by atoms with Crippen LogP contribution in [0.4, 0.5) is 4.79 Å². The van der Waals surface area contributed by atoms with Crippen LogP contribution in [0.1, 0.15) is 17.5 Å². The minimum absolute atomic E-state index is 0.100. The SMILES string of the molecule is NC(=O)[C@@H](Cc1ccccc1)NC(=O)C[C@H](O)CNC(=O)OCc1ccccc1. The van der Waals surface area contributed by atoms with E-state index in [-0.39, 0.29) is 26.0 Å². The van der Waals surface area contributed by atoms with Crippen LogP contribution in [-0.2, 0) is 27.4 Å². The zero-order valence-electron chi connectivity index (χ0n) is 15.9. The number of nitrogens with two attached hydrogens (primary N) is 1. The van der Waals surface area contributed by atoms with E-state index in [9.17, 15) is 19.5 Å². The van der Waals surface area contributed by atoms with Crippen molar-refractivity contribution in [1.82, 2.24) is 10.6 Å². The maximum Gasteiger partial charge on any atom is 0.407 e. The standard InChI is InChI=1S/C21H25N3O5/c22-20(27)18(11-15-7-3-1-4-8-15)24-19(26)12-17(25)13-23-21(28)29-14-16-9-5-2-6-10-16/h1-10,17-18,25H,11-14H2,(H2,22,27)(H,23,28)(H,24,26)/t17-,18+/m0/s1. The van der Waals surface area contributed by atoms with Gasteiger partial charge in [0.15, 0.2) is 0 Å². The maximum atomic E-state index is 12.1. The van der Waals surface area contributed by atoms with Crippen molar-refractivity contribution in [2.24, 2.45) is 5.73 Å². The molecule has 0 aromatic heterocycles. The second-order valence-electron chi connectivity index (χ2n) is 6.51. The Labute approximate surface area is 169 Å². The van der Waals surface area contributed by atoms with Gasteiger partial charge in [-0.3, -0.25) is 9.59 Å². The number of aliphatic hydroxyl groups is 1. The molecular formula is C21H25N3O5. The lowest BCUT2D eigenvalue weighted by molar-refractivity contribution is -0.128. The summed E-state index contributed by atoms with van der Waals surface area (Å²) in [6.45, 7) is -0.0655. The molecular weight excluding hydrogens is 374 g/mol. The van der Waals surface area contributed by atoms with E-state index in [1.165, 1.54) is 0 Å². The molecule has 0 fully saturated rings. The number of carbonyl (C=O) groups is 3. The number of nitrogens with one attached hydrogen (secondary N) is 2. The monoisotopic (exact) mass is 399 g/mol. The molecule has 2 aromatic rings. The number of hydrogen-bond donors (Lipinski definition) is 4. The van der Waals surface area contributed by atoms with Crippen LogP contribution in [0.3, 0.4) is 0 Å². The molecule has 0 bridgehead atoms.